The number of aromatic amines is 1. The van der Waals surface area contributed by atoms with Gasteiger partial charge in [0.2, 0.25) is 0 Å². The van der Waals surface area contributed by atoms with Crippen LogP contribution < -0.4 is 0 Å². The summed E-state index contributed by atoms with van der Waals surface area (Å²) >= 11 is 0. The first-order valence-electron chi connectivity index (χ1n) is 8.41. The van der Waals surface area contributed by atoms with Crippen molar-refractivity contribution in [3.05, 3.63) is 36.0 Å². The lowest BCUT2D eigenvalue weighted by Crippen LogP contribution is -2.26. The molecular formula is C19H25NO3. The van der Waals surface area contributed by atoms with E-state index in [4.69, 9.17) is 0 Å². The molecule has 2 rings (SSSR count). The topological polar surface area (TPSA) is 70.2 Å². The van der Waals surface area contributed by atoms with E-state index in [-0.39, 0.29) is 11.7 Å². The third-order valence-corrected chi connectivity index (χ3v) is 4.58. The molecule has 124 valence electrons. The second-order valence-corrected chi connectivity index (χ2v) is 6.16. The molecule has 0 bridgehead atoms. The highest BCUT2D eigenvalue weighted by Crippen LogP contribution is 2.27. The van der Waals surface area contributed by atoms with Crippen LogP contribution in [0.1, 0.15) is 56.3 Å². The number of ketones is 1. The van der Waals surface area contributed by atoms with Crippen LogP contribution in [-0.4, -0.2) is 21.8 Å². The standard InChI is InChI=1S/C19H25NO3/c1-3-5-8-13(4-2)11-15(19(22)23)18(21)16-12-20-17-10-7-6-9-14(16)17/h6-7,9-10,12-13,15,20H,3-5,8,11H2,1-2H3,(H,22,23). The smallest absolute Gasteiger partial charge is 0.314 e. The van der Waals surface area contributed by atoms with E-state index < -0.39 is 11.9 Å². The summed E-state index contributed by atoms with van der Waals surface area (Å²) in [6.07, 6.45) is 6.11. The Morgan fingerprint density at radius 3 is 2.61 bits per heavy atom. The molecule has 23 heavy (non-hydrogen) atoms. The van der Waals surface area contributed by atoms with E-state index in [1.165, 1.54) is 0 Å². The predicted octanol–water partition coefficient (Wildman–Crippen LogP) is 4.66. The molecule has 1 aromatic heterocycles. The molecule has 2 atom stereocenters. The number of carboxylic acid groups (broad SMARTS) is 1. The van der Waals surface area contributed by atoms with Crippen molar-refractivity contribution in [1.29, 1.82) is 0 Å². The van der Waals surface area contributed by atoms with Crippen molar-refractivity contribution in [3.8, 4) is 0 Å². The van der Waals surface area contributed by atoms with Crippen molar-refractivity contribution in [3.63, 3.8) is 0 Å². The van der Waals surface area contributed by atoms with Gasteiger partial charge in [0.25, 0.3) is 0 Å². The summed E-state index contributed by atoms with van der Waals surface area (Å²) in [6.45, 7) is 4.19. The highest BCUT2D eigenvalue weighted by atomic mass is 16.4. The van der Waals surface area contributed by atoms with Gasteiger partial charge in [-0.25, -0.2) is 0 Å². The molecule has 0 radical (unpaired) electrons. The highest BCUT2D eigenvalue weighted by Gasteiger charge is 2.31. The third kappa shape index (κ3) is 4.01. The van der Waals surface area contributed by atoms with Gasteiger partial charge in [0.1, 0.15) is 5.92 Å². The van der Waals surface area contributed by atoms with Crippen LogP contribution in [0.25, 0.3) is 10.9 Å². The lowest BCUT2D eigenvalue weighted by atomic mass is 9.84. The number of carbonyl (C=O) groups excluding carboxylic acids is 1. The van der Waals surface area contributed by atoms with Crippen LogP contribution in [0.4, 0.5) is 0 Å². The number of rotatable bonds is 9. The maximum absolute atomic E-state index is 12.8. The van der Waals surface area contributed by atoms with E-state index >= 15 is 0 Å². The zero-order chi connectivity index (χ0) is 16.8. The van der Waals surface area contributed by atoms with Crippen molar-refractivity contribution >= 4 is 22.7 Å². The Hall–Kier alpha value is -2.10. The number of H-pyrrole nitrogens is 1. The molecule has 0 spiro atoms. The summed E-state index contributed by atoms with van der Waals surface area (Å²) in [5.74, 6) is -1.98. The number of unbranched alkanes of at least 4 members (excludes halogenated alkanes) is 1. The fourth-order valence-electron chi connectivity index (χ4n) is 3.10. The number of nitrogens with one attached hydrogen (secondary N) is 1. The number of benzene rings is 1. The Bertz CT molecular complexity index is 674. The molecule has 4 nitrogen and oxygen atoms in total. The molecule has 1 aromatic carbocycles. The van der Waals surface area contributed by atoms with Gasteiger partial charge >= 0.3 is 5.97 Å². The molecular weight excluding hydrogens is 290 g/mol. The van der Waals surface area contributed by atoms with Gasteiger partial charge < -0.3 is 10.1 Å². The molecule has 4 heteroatoms. The summed E-state index contributed by atoms with van der Waals surface area (Å²) in [5, 5.41) is 10.3. The molecule has 0 aliphatic heterocycles. The van der Waals surface area contributed by atoms with E-state index in [1.54, 1.807) is 6.20 Å². The molecule has 2 aromatic rings. The molecule has 0 saturated heterocycles. The van der Waals surface area contributed by atoms with Crippen LogP contribution >= 0.6 is 0 Å². The van der Waals surface area contributed by atoms with Crippen LogP contribution in [-0.2, 0) is 4.79 Å². The zero-order valence-electron chi connectivity index (χ0n) is 13.8. The first kappa shape index (κ1) is 17.3. The fraction of sp³-hybridized carbons (Fsp3) is 0.474. The van der Waals surface area contributed by atoms with E-state index in [9.17, 15) is 14.7 Å². The van der Waals surface area contributed by atoms with Crippen LogP contribution in [0.5, 0.6) is 0 Å². The number of carboxylic acids is 1. The van der Waals surface area contributed by atoms with E-state index in [0.29, 0.717) is 12.0 Å². The minimum Gasteiger partial charge on any atom is -0.481 e. The number of Topliss-reactive ketones (excluding diaryl/α,β-unsaturated/α-hetero) is 1. The van der Waals surface area contributed by atoms with Crippen LogP contribution in [0.15, 0.2) is 30.5 Å². The number of aromatic nitrogens is 1. The maximum Gasteiger partial charge on any atom is 0.314 e. The highest BCUT2D eigenvalue weighted by molar-refractivity contribution is 6.14. The molecule has 2 N–H and O–H groups in total. The van der Waals surface area contributed by atoms with Crippen molar-refractivity contribution < 1.29 is 14.7 Å². The van der Waals surface area contributed by atoms with Crippen LogP contribution in [0.3, 0.4) is 0 Å². The van der Waals surface area contributed by atoms with E-state index in [2.05, 4.69) is 18.8 Å². The number of aliphatic carboxylic acids is 1. The van der Waals surface area contributed by atoms with Gasteiger partial charge in [-0.15, -0.1) is 0 Å². The number of para-hydroxylation sites is 1. The average molecular weight is 315 g/mol. The summed E-state index contributed by atoms with van der Waals surface area (Å²) in [6, 6.07) is 7.49. The van der Waals surface area contributed by atoms with Gasteiger partial charge in [0.15, 0.2) is 5.78 Å². The first-order valence-corrected chi connectivity index (χ1v) is 8.41. The van der Waals surface area contributed by atoms with Crippen LogP contribution in [0, 0.1) is 11.8 Å². The van der Waals surface area contributed by atoms with Gasteiger partial charge in [-0.2, -0.15) is 0 Å². The lowest BCUT2D eigenvalue weighted by molar-refractivity contribution is -0.140. The zero-order valence-corrected chi connectivity index (χ0v) is 13.8. The third-order valence-electron chi connectivity index (χ3n) is 4.58. The predicted molar refractivity (Wildman–Crippen MR) is 91.7 cm³/mol. The molecule has 2 unspecified atom stereocenters. The van der Waals surface area contributed by atoms with Gasteiger partial charge in [0.05, 0.1) is 0 Å². The first-order chi connectivity index (χ1) is 11.1. The Kier molecular flexibility index (Phi) is 5.97. The second-order valence-electron chi connectivity index (χ2n) is 6.16. The number of fused-ring (bicyclic) bond motifs is 1. The van der Waals surface area contributed by atoms with Gasteiger partial charge in [-0.3, -0.25) is 9.59 Å². The Morgan fingerprint density at radius 1 is 1.22 bits per heavy atom. The quantitative estimate of drug-likeness (QED) is 0.522. The SMILES string of the molecule is CCCCC(CC)CC(C(=O)O)C(=O)c1c[nH]c2ccccc12. The van der Waals surface area contributed by atoms with E-state index in [1.807, 2.05) is 24.3 Å². The van der Waals surface area contributed by atoms with Gasteiger partial charge in [-0.1, -0.05) is 57.7 Å². The van der Waals surface area contributed by atoms with Crippen LogP contribution in [0.2, 0.25) is 0 Å². The Labute approximate surface area is 136 Å². The Morgan fingerprint density at radius 2 is 1.96 bits per heavy atom. The molecule has 0 amide bonds. The molecule has 1 heterocycles. The number of hydrogen-bond donors (Lipinski definition) is 2. The van der Waals surface area contributed by atoms with Crippen molar-refractivity contribution in [2.24, 2.45) is 11.8 Å². The lowest BCUT2D eigenvalue weighted by Gasteiger charge is -2.18. The minimum absolute atomic E-state index is 0.283. The fourth-order valence-corrected chi connectivity index (χ4v) is 3.10. The Balaban J connectivity index is 2.23. The summed E-state index contributed by atoms with van der Waals surface area (Å²) in [7, 11) is 0. The van der Waals surface area contributed by atoms with Crippen molar-refractivity contribution in [2.75, 3.05) is 0 Å². The molecule has 0 aliphatic carbocycles. The summed E-state index contributed by atoms with van der Waals surface area (Å²) in [5.41, 5.74) is 1.34. The number of hydrogen-bond acceptors (Lipinski definition) is 2. The van der Waals surface area contributed by atoms with Gasteiger partial charge in [-0.05, 0) is 18.4 Å². The molecule has 0 aliphatic rings. The van der Waals surface area contributed by atoms with E-state index in [0.717, 1.165) is 36.6 Å². The second kappa shape index (κ2) is 7.95. The summed E-state index contributed by atoms with van der Waals surface area (Å²) in [4.78, 5) is 27.5. The van der Waals surface area contributed by atoms with Crippen molar-refractivity contribution in [2.45, 2.75) is 46.0 Å². The van der Waals surface area contributed by atoms with Gasteiger partial charge in [0, 0.05) is 22.7 Å². The largest absolute Gasteiger partial charge is 0.481 e. The monoisotopic (exact) mass is 315 g/mol. The van der Waals surface area contributed by atoms with Crippen molar-refractivity contribution in [1.82, 2.24) is 4.98 Å². The molecule has 0 fully saturated rings. The number of carbonyl (C=O) groups is 2. The molecule has 0 saturated carbocycles. The maximum atomic E-state index is 12.8. The minimum atomic E-state index is -1.02. The summed E-state index contributed by atoms with van der Waals surface area (Å²) < 4.78 is 0. The average Bonchev–Trinajstić information content (AvgIpc) is 2.98. The normalized spacial score (nSPS) is 13.8.